The Morgan fingerprint density at radius 1 is 1.45 bits per heavy atom. The summed E-state index contributed by atoms with van der Waals surface area (Å²) in [5.41, 5.74) is 0.527. The van der Waals surface area contributed by atoms with Crippen molar-refractivity contribution in [1.82, 2.24) is 4.90 Å². The maximum absolute atomic E-state index is 12.5. The highest BCUT2D eigenvalue weighted by molar-refractivity contribution is 9.10. The zero-order valence-electron chi connectivity index (χ0n) is 11.0. The fourth-order valence-corrected chi connectivity index (χ4v) is 2.92. The van der Waals surface area contributed by atoms with Crippen LogP contribution in [0.5, 0.6) is 0 Å². The molecular formula is C14H15BrClNO3. The van der Waals surface area contributed by atoms with Crippen molar-refractivity contribution in [2.75, 3.05) is 6.54 Å². The number of hydrogen-bond donors (Lipinski definition) is 1. The van der Waals surface area contributed by atoms with Gasteiger partial charge in [0.25, 0.3) is 5.91 Å². The van der Waals surface area contributed by atoms with E-state index in [1.165, 1.54) is 0 Å². The molecule has 2 unspecified atom stereocenters. The van der Waals surface area contributed by atoms with Crippen molar-refractivity contribution < 1.29 is 14.7 Å². The number of carbonyl (C=O) groups excluding carboxylic acids is 1. The van der Waals surface area contributed by atoms with Crippen molar-refractivity contribution >= 4 is 39.4 Å². The summed E-state index contributed by atoms with van der Waals surface area (Å²) in [6, 6.07) is 5.00. The molecule has 20 heavy (non-hydrogen) atoms. The van der Waals surface area contributed by atoms with Crippen molar-refractivity contribution in [3.05, 3.63) is 33.3 Å². The number of amides is 1. The lowest BCUT2D eigenvalue weighted by atomic mass is 9.91. The smallest absolute Gasteiger partial charge is 0.306 e. The molecule has 1 fully saturated rings. The summed E-state index contributed by atoms with van der Waals surface area (Å²) in [6.07, 6.45) is 0.987. The third kappa shape index (κ3) is 3.15. The van der Waals surface area contributed by atoms with Gasteiger partial charge in [-0.15, -0.1) is 0 Å². The summed E-state index contributed by atoms with van der Waals surface area (Å²) >= 11 is 9.29. The largest absolute Gasteiger partial charge is 0.481 e. The molecule has 1 aliphatic rings. The Kier molecular flexibility index (Phi) is 4.70. The highest BCUT2D eigenvalue weighted by atomic mass is 79.9. The highest BCUT2D eigenvalue weighted by Crippen LogP contribution is 2.27. The van der Waals surface area contributed by atoms with Gasteiger partial charge in [0.15, 0.2) is 0 Å². The SMILES string of the molecule is CC1CC(C(=O)O)CCN1C(=O)c1ccc(Br)c(Cl)c1. The van der Waals surface area contributed by atoms with Crippen LogP contribution in [0.4, 0.5) is 0 Å². The fraction of sp³-hybridized carbons (Fsp3) is 0.429. The van der Waals surface area contributed by atoms with Crippen molar-refractivity contribution in [2.45, 2.75) is 25.8 Å². The number of piperidine rings is 1. The first-order valence-electron chi connectivity index (χ1n) is 6.39. The second kappa shape index (κ2) is 6.14. The molecule has 0 aromatic heterocycles. The Morgan fingerprint density at radius 3 is 2.70 bits per heavy atom. The first-order valence-corrected chi connectivity index (χ1v) is 7.56. The van der Waals surface area contributed by atoms with Gasteiger partial charge < -0.3 is 10.0 Å². The van der Waals surface area contributed by atoms with E-state index in [1.54, 1.807) is 23.1 Å². The molecule has 2 rings (SSSR count). The van der Waals surface area contributed by atoms with Crippen LogP contribution < -0.4 is 0 Å². The number of carboxylic acids is 1. The second-order valence-corrected chi connectivity index (χ2v) is 6.30. The summed E-state index contributed by atoms with van der Waals surface area (Å²) in [6.45, 7) is 2.35. The minimum atomic E-state index is -0.782. The average molecular weight is 361 g/mol. The predicted molar refractivity (Wildman–Crippen MR) is 80.0 cm³/mol. The Morgan fingerprint density at radius 2 is 2.15 bits per heavy atom. The zero-order valence-corrected chi connectivity index (χ0v) is 13.3. The maximum Gasteiger partial charge on any atom is 0.306 e. The summed E-state index contributed by atoms with van der Waals surface area (Å²) in [4.78, 5) is 25.2. The van der Waals surface area contributed by atoms with Gasteiger partial charge in [-0.05, 0) is 53.9 Å². The number of carboxylic acid groups (broad SMARTS) is 1. The third-order valence-electron chi connectivity index (χ3n) is 3.65. The van der Waals surface area contributed by atoms with E-state index in [2.05, 4.69) is 15.9 Å². The summed E-state index contributed by atoms with van der Waals surface area (Å²) in [5, 5.41) is 9.53. The Labute approximate surface area is 130 Å². The van der Waals surface area contributed by atoms with Crippen molar-refractivity contribution in [3.63, 3.8) is 0 Å². The first-order chi connectivity index (χ1) is 9.40. The second-order valence-electron chi connectivity index (χ2n) is 5.04. The van der Waals surface area contributed by atoms with Crippen LogP contribution in [-0.4, -0.2) is 34.5 Å². The van der Waals surface area contributed by atoms with Crippen LogP contribution in [0, 0.1) is 5.92 Å². The molecule has 0 saturated carbocycles. The van der Waals surface area contributed by atoms with Crippen molar-refractivity contribution in [1.29, 1.82) is 0 Å². The number of likely N-dealkylation sites (tertiary alicyclic amines) is 1. The summed E-state index contributed by atoms with van der Waals surface area (Å²) in [5.74, 6) is -1.24. The minimum Gasteiger partial charge on any atom is -0.481 e. The number of aliphatic carboxylic acids is 1. The molecule has 1 aromatic rings. The van der Waals surface area contributed by atoms with Crippen LogP contribution in [0.15, 0.2) is 22.7 Å². The standard InChI is InChI=1S/C14H15BrClNO3/c1-8-6-10(14(19)20)4-5-17(8)13(18)9-2-3-11(15)12(16)7-9/h2-3,7-8,10H,4-6H2,1H3,(H,19,20). The lowest BCUT2D eigenvalue weighted by molar-refractivity contribution is -0.143. The number of carbonyl (C=O) groups is 2. The van der Waals surface area contributed by atoms with Gasteiger partial charge in [-0.25, -0.2) is 0 Å². The van der Waals surface area contributed by atoms with E-state index in [1.807, 2.05) is 6.92 Å². The van der Waals surface area contributed by atoms with E-state index < -0.39 is 5.97 Å². The molecule has 1 amide bonds. The van der Waals surface area contributed by atoms with Gasteiger partial charge >= 0.3 is 5.97 Å². The summed E-state index contributed by atoms with van der Waals surface area (Å²) < 4.78 is 0.744. The van der Waals surface area contributed by atoms with Gasteiger partial charge in [0, 0.05) is 22.6 Å². The molecule has 0 aliphatic carbocycles. The molecule has 0 bridgehead atoms. The molecule has 1 aliphatic heterocycles. The highest BCUT2D eigenvalue weighted by Gasteiger charge is 2.32. The minimum absolute atomic E-state index is 0.0835. The molecule has 0 spiro atoms. The normalized spacial score (nSPS) is 22.6. The molecule has 4 nitrogen and oxygen atoms in total. The third-order valence-corrected chi connectivity index (χ3v) is 4.89. The Hall–Kier alpha value is -1.07. The molecule has 1 heterocycles. The predicted octanol–water partition coefficient (Wildman–Crippen LogP) is 3.43. The topological polar surface area (TPSA) is 57.6 Å². The molecule has 1 N–H and O–H groups in total. The van der Waals surface area contributed by atoms with Crippen molar-refractivity contribution in [3.8, 4) is 0 Å². The van der Waals surface area contributed by atoms with Crippen LogP contribution in [0.2, 0.25) is 5.02 Å². The molecule has 108 valence electrons. The van der Waals surface area contributed by atoms with E-state index in [9.17, 15) is 9.59 Å². The lowest BCUT2D eigenvalue weighted by Crippen LogP contribution is -2.46. The number of rotatable bonds is 2. The average Bonchev–Trinajstić information content (AvgIpc) is 2.41. The fourth-order valence-electron chi connectivity index (χ4n) is 2.49. The van der Waals surface area contributed by atoms with E-state index in [0.29, 0.717) is 30.0 Å². The van der Waals surface area contributed by atoms with E-state index >= 15 is 0 Å². The Balaban J connectivity index is 2.13. The van der Waals surface area contributed by atoms with Gasteiger partial charge in [-0.1, -0.05) is 11.6 Å². The van der Waals surface area contributed by atoms with Crippen LogP contribution >= 0.6 is 27.5 Å². The molecule has 6 heteroatoms. The Bertz CT molecular complexity index is 549. The summed E-state index contributed by atoms with van der Waals surface area (Å²) in [7, 11) is 0. The van der Waals surface area contributed by atoms with Gasteiger partial charge in [0.05, 0.1) is 10.9 Å². The molecule has 2 atom stereocenters. The van der Waals surface area contributed by atoms with Gasteiger partial charge in [0.1, 0.15) is 0 Å². The quantitative estimate of drug-likeness (QED) is 0.879. The van der Waals surface area contributed by atoms with Gasteiger partial charge in [-0.2, -0.15) is 0 Å². The lowest BCUT2D eigenvalue weighted by Gasteiger charge is -2.36. The number of hydrogen-bond acceptors (Lipinski definition) is 2. The molecule has 0 radical (unpaired) electrons. The first kappa shape index (κ1) is 15.3. The zero-order chi connectivity index (χ0) is 14.9. The van der Waals surface area contributed by atoms with E-state index in [0.717, 1.165) is 4.47 Å². The number of halogens is 2. The van der Waals surface area contributed by atoms with Crippen LogP contribution in [0.1, 0.15) is 30.1 Å². The van der Waals surface area contributed by atoms with Crippen LogP contribution in [-0.2, 0) is 4.79 Å². The number of nitrogens with zero attached hydrogens (tertiary/aromatic N) is 1. The maximum atomic E-state index is 12.5. The monoisotopic (exact) mass is 359 g/mol. The van der Waals surface area contributed by atoms with E-state index in [4.69, 9.17) is 16.7 Å². The van der Waals surface area contributed by atoms with Crippen LogP contribution in [0.3, 0.4) is 0 Å². The van der Waals surface area contributed by atoms with Gasteiger partial charge in [0.2, 0.25) is 0 Å². The molecule has 1 aromatic carbocycles. The van der Waals surface area contributed by atoms with Crippen LogP contribution in [0.25, 0.3) is 0 Å². The van der Waals surface area contributed by atoms with Crippen molar-refractivity contribution in [2.24, 2.45) is 5.92 Å². The van der Waals surface area contributed by atoms with Gasteiger partial charge in [-0.3, -0.25) is 9.59 Å². The molecule has 1 saturated heterocycles. The van der Waals surface area contributed by atoms with E-state index in [-0.39, 0.29) is 17.9 Å². The molecular weight excluding hydrogens is 346 g/mol. The number of benzene rings is 1.